The first-order valence-electron chi connectivity index (χ1n) is 5.34. The maximum atomic E-state index is 6.03. The summed E-state index contributed by atoms with van der Waals surface area (Å²) >= 11 is 7.64. The standard InChI is InChI=1S/C12H14ClN3S/c1-16-7-6-15-12(16)17-11-8-10(13)3-2-9(11)4-5-14/h2-3,6-8H,4-5,14H2,1H3. The highest BCUT2D eigenvalue weighted by molar-refractivity contribution is 7.99. The number of benzene rings is 1. The Kier molecular flexibility index (Phi) is 4.10. The fourth-order valence-corrected chi connectivity index (χ4v) is 2.77. The van der Waals surface area contributed by atoms with E-state index in [-0.39, 0.29) is 0 Å². The zero-order valence-corrected chi connectivity index (χ0v) is 11.1. The lowest BCUT2D eigenvalue weighted by Gasteiger charge is -2.08. The van der Waals surface area contributed by atoms with Crippen LogP contribution in [0.15, 0.2) is 40.6 Å². The van der Waals surface area contributed by atoms with Gasteiger partial charge in [0.15, 0.2) is 5.16 Å². The average molecular weight is 268 g/mol. The van der Waals surface area contributed by atoms with Crippen molar-refractivity contribution in [2.75, 3.05) is 6.54 Å². The Balaban J connectivity index is 2.30. The van der Waals surface area contributed by atoms with Crippen LogP contribution < -0.4 is 5.73 Å². The molecule has 0 fully saturated rings. The molecule has 0 aliphatic carbocycles. The van der Waals surface area contributed by atoms with E-state index < -0.39 is 0 Å². The van der Waals surface area contributed by atoms with Crippen LogP contribution in [0, 0.1) is 0 Å². The zero-order valence-electron chi connectivity index (χ0n) is 9.56. The summed E-state index contributed by atoms with van der Waals surface area (Å²) in [5.41, 5.74) is 6.82. The van der Waals surface area contributed by atoms with E-state index in [1.165, 1.54) is 5.56 Å². The molecule has 0 spiro atoms. The number of hydrogen-bond donors (Lipinski definition) is 1. The van der Waals surface area contributed by atoms with Crippen LogP contribution in [-0.2, 0) is 13.5 Å². The van der Waals surface area contributed by atoms with Crippen LogP contribution in [0.1, 0.15) is 5.56 Å². The van der Waals surface area contributed by atoms with Crippen LogP contribution in [0.4, 0.5) is 0 Å². The number of aromatic nitrogens is 2. The highest BCUT2D eigenvalue weighted by atomic mass is 35.5. The van der Waals surface area contributed by atoms with Crippen molar-refractivity contribution in [3.63, 3.8) is 0 Å². The molecule has 0 aliphatic heterocycles. The van der Waals surface area contributed by atoms with Gasteiger partial charge in [-0.3, -0.25) is 0 Å². The highest BCUT2D eigenvalue weighted by Gasteiger charge is 2.08. The van der Waals surface area contributed by atoms with E-state index >= 15 is 0 Å². The van der Waals surface area contributed by atoms with E-state index in [0.717, 1.165) is 21.5 Å². The van der Waals surface area contributed by atoms with E-state index in [2.05, 4.69) is 4.98 Å². The second-order valence-electron chi connectivity index (χ2n) is 3.71. The van der Waals surface area contributed by atoms with Gasteiger partial charge in [-0.15, -0.1) is 0 Å². The van der Waals surface area contributed by atoms with Crippen LogP contribution in [0.3, 0.4) is 0 Å². The molecule has 2 aromatic rings. The molecule has 0 saturated heterocycles. The molecule has 90 valence electrons. The maximum absolute atomic E-state index is 6.03. The molecule has 1 aromatic carbocycles. The normalized spacial score (nSPS) is 10.8. The lowest BCUT2D eigenvalue weighted by molar-refractivity contribution is 0.789. The Bertz CT molecular complexity index is 510. The number of halogens is 1. The lowest BCUT2D eigenvalue weighted by atomic mass is 10.1. The molecule has 0 saturated carbocycles. The van der Waals surface area contributed by atoms with Gasteiger partial charge in [-0.1, -0.05) is 29.4 Å². The van der Waals surface area contributed by atoms with Crippen molar-refractivity contribution in [1.29, 1.82) is 0 Å². The average Bonchev–Trinajstić information content (AvgIpc) is 2.69. The first-order valence-corrected chi connectivity index (χ1v) is 6.54. The summed E-state index contributed by atoms with van der Waals surface area (Å²) in [5, 5.41) is 1.69. The third-order valence-electron chi connectivity index (χ3n) is 2.42. The van der Waals surface area contributed by atoms with Crippen molar-refractivity contribution in [1.82, 2.24) is 9.55 Å². The molecule has 17 heavy (non-hydrogen) atoms. The molecule has 1 heterocycles. The summed E-state index contributed by atoms with van der Waals surface area (Å²) < 4.78 is 1.98. The molecule has 2 rings (SSSR count). The minimum absolute atomic E-state index is 0.635. The summed E-state index contributed by atoms with van der Waals surface area (Å²) in [6, 6.07) is 5.89. The van der Waals surface area contributed by atoms with Gasteiger partial charge in [-0.25, -0.2) is 4.98 Å². The summed E-state index contributed by atoms with van der Waals surface area (Å²) in [4.78, 5) is 5.42. The van der Waals surface area contributed by atoms with E-state index in [9.17, 15) is 0 Å². The molecule has 0 radical (unpaired) electrons. The number of rotatable bonds is 4. The van der Waals surface area contributed by atoms with Crippen molar-refractivity contribution in [2.45, 2.75) is 16.5 Å². The Morgan fingerprint density at radius 3 is 2.94 bits per heavy atom. The molecule has 0 aliphatic rings. The molecule has 1 aromatic heterocycles. The van der Waals surface area contributed by atoms with E-state index in [4.69, 9.17) is 17.3 Å². The molecule has 0 amide bonds. The molecule has 0 atom stereocenters. The Morgan fingerprint density at radius 2 is 2.29 bits per heavy atom. The van der Waals surface area contributed by atoms with Crippen LogP contribution in [0.25, 0.3) is 0 Å². The highest BCUT2D eigenvalue weighted by Crippen LogP contribution is 2.31. The van der Waals surface area contributed by atoms with Crippen LogP contribution in [-0.4, -0.2) is 16.1 Å². The largest absolute Gasteiger partial charge is 0.330 e. The third kappa shape index (κ3) is 3.03. The molecular formula is C12H14ClN3S. The van der Waals surface area contributed by atoms with Crippen molar-refractivity contribution in [3.05, 3.63) is 41.2 Å². The smallest absolute Gasteiger partial charge is 0.172 e. The van der Waals surface area contributed by atoms with Crippen molar-refractivity contribution in [2.24, 2.45) is 12.8 Å². The first-order chi connectivity index (χ1) is 8.20. The predicted molar refractivity (Wildman–Crippen MR) is 71.5 cm³/mol. The van der Waals surface area contributed by atoms with Gasteiger partial charge < -0.3 is 10.3 Å². The van der Waals surface area contributed by atoms with Gasteiger partial charge in [-0.05, 0) is 30.7 Å². The molecule has 2 N–H and O–H groups in total. The van der Waals surface area contributed by atoms with Crippen LogP contribution in [0.2, 0.25) is 5.02 Å². The second-order valence-corrected chi connectivity index (χ2v) is 5.16. The zero-order chi connectivity index (χ0) is 12.3. The summed E-state index contributed by atoms with van der Waals surface area (Å²) in [6.45, 7) is 0.635. The van der Waals surface area contributed by atoms with Crippen molar-refractivity contribution < 1.29 is 0 Å². The molecule has 5 heteroatoms. The molecule has 0 unspecified atom stereocenters. The SMILES string of the molecule is Cn1ccnc1Sc1cc(Cl)ccc1CCN. The van der Waals surface area contributed by atoms with Crippen LogP contribution >= 0.6 is 23.4 Å². The Hall–Kier alpha value is -0.970. The van der Waals surface area contributed by atoms with Gasteiger partial charge in [0.1, 0.15) is 0 Å². The summed E-state index contributed by atoms with van der Waals surface area (Å²) in [5.74, 6) is 0. The summed E-state index contributed by atoms with van der Waals surface area (Å²) in [6.07, 6.45) is 4.56. The number of imidazole rings is 1. The topological polar surface area (TPSA) is 43.8 Å². The van der Waals surface area contributed by atoms with Gasteiger partial charge >= 0.3 is 0 Å². The third-order valence-corrected chi connectivity index (χ3v) is 3.83. The van der Waals surface area contributed by atoms with Gasteiger partial charge in [0.2, 0.25) is 0 Å². The van der Waals surface area contributed by atoms with Crippen molar-refractivity contribution >= 4 is 23.4 Å². The maximum Gasteiger partial charge on any atom is 0.172 e. The Labute approximate surface area is 110 Å². The van der Waals surface area contributed by atoms with E-state index in [0.29, 0.717) is 6.54 Å². The lowest BCUT2D eigenvalue weighted by Crippen LogP contribution is -2.03. The molecular weight excluding hydrogens is 254 g/mol. The van der Waals surface area contributed by atoms with Crippen molar-refractivity contribution in [3.8, 4) is 0 Å². The van der Waals surface area contributed by atoms with Gasteiger partial charge in [-0.2, -0.15) is 0 Å². The molecule has 0 bridgehead atoms. The van der Waals surface area contributed by atoms with Gasteiger partial charge in [0.25, 0.3) is 0 Å². The Morgan fingerprint density at radius 1 is 1.47 bits per heavy atom. The summed E-state index contributed by atoms with van der Waals surface area (Å²) in [7, 11) is 1.97. The van der Waals surface area contributed by atoms with Crippen LogP contribution in [0.5, 0.6) is 0 Å². The predicted octanol–water partition coefficient (Wildman–Crippen LogP) is 2.73. The van der Waals surface area contributed by atoms with E-state index in [1.54, 1.807) is 18.0 Å². The number of aryl methyl sites for hydroxylation is 1. The fourth-order valence-electron chi connectivity index (χ4n) is 1.53. The minimum Gasteiger partial charge on any atom is -0.330 e. The number of nitrogens with zero attached hydrogens (tertiary/aromatic N) is 2. The van der Waals surface area contributed by atoms with E-state index in [1.807, 2.05) is 36.0 Å². The monoisotopic (exact) mass is 267 g/mol. The quantitative estimate of drug-likeness (QED) is 0.926. The second kappa shape index (κ2) is 5.58. The first kappa shape index (κ1) is 12.5. The van der Waals surface area contributed by atoms with Gasteiger partial charge in [0.05, 0.1) is 0 Å². The minimum atomic E-state index is 0.635. The molecule has 3 nitrogen and oxygen atoms in total. The number of nitrogens with two attached hydrogens (primary N) is 1. The number of hydrogen-bond acceptors (Lipinski definition) is 3. The fraction of sp³-hybridized carbons (Fsp3) is 0.250. The van der Waals surface area contributed by atoms with Gasteiger partial charge in [0, 0.05) is 29.4 Å².